The molecule has 1 atom stereocenters. The van der Waals surface area contributed by atoms with Crippen LogP contribution < -0.4 is 10.2 Å². The van der Waals surface area contributed by atoms with Crippen LogP contribution >= 0.6 is 0 Å². The van der Waals surface area contributed by atoms with E-state index >= 15 is 0 Å². The summed E-state index contributed by atoms with van der Waals surface area (Å²) >= 11 is 0. The molecule has 2 aromatic carbocycles. The molecule has 12 heteroatoms. The molecule has 0 bridgehead atoms. The smallest absolute Gasteiger partial charge is 0.404 e. The topological polar surface area (TPSA) is 102 Å². The van der Waals surface area contributed by atoms with E-state index in [0.717, 1.165) is 11.1 Å². The largest absolute Gasteiger partial charge is 0.481 e. The first-order valence-electron chi connectivity index (χ1n) is 14.0. The van der Waals surface area contributed by atoms with Gasteiger partial charge in [-0.25, -0.2) is 9.97 Å². The van der Waals surface area contributed by atoms with Crippen LogP contribution in [0.3, 0.4) is 0 Å². The Kier molecular flexibility index (Phi) is 9.03. The number of amides is 1. The highest BCUT2D eigenvalue weighted by atomic mass is 19.4. The van der Waals surface area contributed by atoms with Gasteiger partial charge in [-0.2, -0.15) is 13.2 Å². The molecule has 9 nitrogen and oxygen atoms in total. The number of aromatic nitrogens is 2. The van der Waals surface area contributed by atoms with Gasteiger partial charge in [0.1, 0.15) is 17.6 Å². The zero-order chi connectivity index (χ0) is 29.7. The predicted octanol–water partition coefficient (Wildman–Crippen LogP) is 4.52. The maximum atomic E-state index is 13.7. The second-order valence-corrected chi connectivity index (χ2v) is 10.6. The number of benzene rings is 2. The van der Waals surface area contributed by atoms with Crippen molar-refractivity contribution >= 4 is 23.4 Å². The van der Waals surface area contributed by atoms with Crippen LogP contribution in [0.15, 0.2) is 60.9 Å². The molecule has 0 unspecified atom stereocenters. The lowest BCUT2D eigenvalue weighted by Gasteiger charge is -2.34. The zero-order valence-electron chi connectivity index (χ0n) is 23.1. The summed E-state index contributed by atoms with van der Waals surface area (Å²) in [6.45, 7) is 3.72. The molecule has 2 aliphatic heterocycles. The molecule has 2 N–H and O–H groups in total. The van der Waals surface area contributed by atoms with Gasteiger partial charge in [0.2, 0.25) is 0 Å². The standard InChI is InChI=1S/C30H33F3N6O3/c31-30(32,33)26-7-4-11-39(26)20-22-17-23(8-9-24(22)21-5-2-1-3-6-21)36-29(42)25-18-35-27(19-34-25)38-15-13-37(14-16-38)12-10-28(40)41/h1-3,5-6,8-9,17-19,26H,4,7,10-16,20H2,(H,36,42)(H,40,41)/t26-/m0/s1. The average molecular weight is 583 g/mol. The molecule has 3 aromatic rings. The highest BCUT2D eigenvalue weighted by molar-refractivity contribution is 6.02. The van der Waals surface area contributed by atoms with Crippen LogP contribution in [0.5, 0.6) is 0 Å². The van der Waals surface area contributed by atoms with Crippen molar-refractivity contribution in [1.29, 1.82) is 0 Å². The Labute approximate surface area is 242 Å². The van der Waals surface area contributed by atoms with Crippen molar-refractivity contribution in [3.8, 4) is 11.1 Å². The molecule has 0 radical (unpaired) electrons. The average Bonchev–Trinajstić information content (AvgIpc) is 3.46. The van der Waals surface area contributed by atoms with Gasteiger partial charge in [-0.05, 0) is 48.2 Å². The Morgan fingerprint density at radius 3 is 2.40 bits per heavy atom. The number of alkyl halides is 3. The lowest BCUT2D eigenvalue weighted by atomic mass is 9.98. The number of halogens is 3. The Bertz CT molecular complexity index is 1380. The lowest BCUT2D eigenvalue weighted by Crippen LogP contribution is -2.47. The van der Waals surface area contributed by atoms with Crippen LogP contribution in [0.25, 0.3) is 11.1 Å². The van der Waals surface area contributed by atoms with E-state index < -0.39 is 24.1 Å². The van der Waals surface area contributed by atoms with Crippen LogP contribution in [0.1, 0.15) is 35.3 Å². The minimum absolute atomic E-state index is 0.0790. The van der Waals surface area contributed by atoms with Gasteiger partial charge in [-0.3, -0.25) is 19.4 Å². The van der Waals surface area contributed by atoms with Crippen LogP contribution in [0.4, 0.5) is 24.7 Å². The Morgan fingerprint density at radius 2 is 1.74 bits per heavy atom. The summed E-state index contributed by atoms with van der Waals surface area (Å²) in [5.74, 6) is -0.661. The first-order valence-corrected chi connectivity index (χ1v) is 14.0. The SMILES string of the molecule is O=C(O)CCN1CCN(c2cnc(C(=O)Nc3ccc(-c4ccccc4)c(CN4CCC[C@H]4C(F)(F)F)c3)cn2)CC1. The fourth-order valence-corrected chi connectivity index (χ4v) is 5.56. The third-order valence-corrected chi connectivity index (χ3v) is 7.77. The number of piperazine rings is 1. The first-order chi connectivity index (χ1) is 20.2. The van der Waals surface area contributed by atoms with Crippen molar-refractivity contribution in [1.82, 2.24) is 19.8 Å². The Morgan fingerprint density at radius 1 is 0.976 bits per heavy atom. The molecule has 1 aromatic heterocycles. The summed E-state index contributed by atoms with van der Waals surface area (Å²) in [7, 11) is 0. The molecule has 5 rings (SSSR count). The summed E-state index contributed by atoms with van der Waals surface area (Å²) in [5.41, 5.74) is 2.97. The molecular formula is C30H33F3N6O3. The van der Waals surface area contributed by atoms with Gasteiger partial charge >= 0.3 is 12.1 Å². The zero-order valence-corrected chi connectivity index (χ0v) is 23.1. The maximum absolute atomic E-state index is 13.7. The maximum Gasteiger partial charge on any atom is 0.404 e. The molecule has 1 amide bonds. The highest BCUT2D eigenvalue weighted by Crippen LogP contribution is 2.36. The lowest BCUT2D eigenvalue weighted by molar-refractivity contribution is -0.177. The first kappa shape index (κ1) is 29.5. The fraction of sp³-hybridized carbons (Fsp3) is 0.400. The van der Waals surface area contributed by atoms with Crippen LogP contribution in [-0.2, 0) is 11.3 Å². The van der Waals surface area contributed by atoms with Crippen molar-refractivity contribution in [2.24, 2.45) is 0 Å². The van der Waals surface area contributed by atoms with Gasteiger partial charge in [0.25, 0.3) is 5.91 Å². The number of hydrogen-bond donors (Lipinski definition) is 2. The number of carbonyl (C=O) groups excluding carboxylic acids is 1. The van der Waals surface area contributed by atoms with Crippen LogP contribution in [0.2, 0.25) is 0 Å². The predicted molar refractivity (Wildman–Crippen MR) is 152 cm³/mol. The fourth-order valence-electron chi connectivity index (χ4n) is 5.56. The number of carbonyl (C=O) groups is 2. The van der Waals surface area contributed by atoms with E-state index in [0.29, 0.717) is 62.8 Å². The summed E-state index contributed by atoms with van der Waals surface area (Å²) < 4.78 is 41.0. The van der Waals surface area contributed by atoms with Crippen molar-refractivity contribution in [3.63, 3.8) is 0 Å². The van der Waals surface area contributed by atoms with Crippen LogP contribution in [0, 0.1) is 0 Å². The van der Waals surface area contributed by atoms with E-state index in [-0.39, 0.29) is 25.1 Å². The molecule has 0 aliphatic carbocycles. The molecule has 222 valence electrons. The molecule has 2 aliphatic rings. The minimum atomic E-state index is -4.30. The number of hydrogen-bond acceptors (Lipinski definition) is 7. The van der Waals surface area contributed by atoms with Gasteiger partial charge in [-0.15, -0.1) is 0 Å². The summed E-state index contributed by atoms with van der Waals surface area (Å²) in [5, 5.41) is 11.7. The number of carboxylic acids is 1. The monoisotopic (exact) mass is 582 g/mol. The van der Waals surface area contributed by atoms with Gasteiger partial charge in [0.15, 0.2) is 0 Å². The number of aliphatic carboxylic acids is 1. The third kappa shape index (κ3) is 7.24. The molecule has 2 saturated heterocycles. The van der Waals surface area contributed by atoms with E-state index in [1.54, 1.807) is 12.1 Å². The van der Waals surface area contributed by atoms with E-state index in [2.05, 4.69) is 20.2 Å². The second kappa shape index (κ2) is 12.9. The van der Waals surface area contributed by atoms with E-state index in [4.69, 9.17) is 5.11 Å². The number of nitrogens with one attached hydrogen (secondary N) is 1. The van der Waals surface area contributed by atoms with Crippen molar-refractivity contribution in [2.45, 2.75) is 38.0 Å². The van der Waals surface area contributed by atoms with Gasteiger partial charge in [-0.1, -0.05) is 36.4 Å². The van der Waals surface area contributed by atoms with Crippen molar-refractivity contribution in [3.05, 3.63) is 72.2 Å². The quantitative estimate of drug-likeness (QED) is 0.380. The molecule has 0 saturated carbocycles. The number of likely N-dealkylation sites (tertiary alicyclic amines) is 1. The normalized spacial score (nSPS) is 18.3. The van der Waals surface area contributed by atoms with Crippen LogP contribution in [-0.4, -0.2) is 88.2 Å². The van der Waals surface area contributed by atoms with Crippen molar-refractivity contribution < 1.29 is 27.9 Å². The third-order valence-electron chi connectivity index (χ3n) is 7.77. The summed E-state index contributed by atoms with van der Waals surface area (Å²) in [6.07, 6.45) is -0.693. The van der Waals surface area contributed by atoms with Crippen molar-refractivity contribution in [2.75, 3.05) is 49.5 Å². The summed E-state index contributed by atoms with van der Waals surface area (Å²) in [6, 6.07) is 13.3. The van der Waals surface area contributed by atoms with E-state index in [1.807, 2.05) is 41.3 Å². The molecule has 42 heavy (non-hydrogen) atoms. The Balaban J connectivity index is 1.27. The van der Waals surface area contributed by atoms with E-state index in [1.165, 1.54) is 17.3 Å². The number of nitrogens with zero attached hydrogens (tertiary/aromatic N) is 5. The molecular weight excluding hydrogens is 549 g/mol. The van der Waals surface area contributed by atoms with Gasteiger partial charge in [0.05, 0.1) is 18.8 Å². The second-order valence-electron chi connectivity index (χ2n) is 10.6. The number of rotatable bonds is 9. The molecule has 0 spiro atoms. The summed E-state index contributed by atoms with van der Waals surface area (Å²) in [4.78, 5) is 38.1. The molecule has 2 fully saturated rings. The van der Waals surface area contributed by atoms with Gasteiger partial charge in [0, 0.05) is 45.0 Å². The number of carboxylic acid groups (broad SMARTS) is 1. The minimum Gasteiger partial charge on any atom is -0.481 e. The van der Waals surface area contributed by atoms with E-state index in [9.17, 15) is 22.8 Å². The number of anilines is 2. The Hall–Kier alpha value is -4.03. The molecule has 3 heterocycles. The highest BCUT2D eigenvalue weighted by Gasteiger charge is 2.45. The van der Waals surface area contributed by atoms with Gasteiger partial charge < -0.3 is 15.3 Å².